The molecule has 0 saturated heterocycles. The second kappa shape index (κ2) is 7.40. The Morgan fingerprint density at radius 1 is 0.667 bits per heavy atom. The van der Waals surface area contributed by atoms with Crippen LogP contribution in [-0.2, 0) is 0 Å². The molecule has 0 saturated carbocycles. The summed E-state index contributed by atoms with van der Waals surface area (Å²) in [5.41, 5.74) is 0. The average Bonchev–Trinajstić information content (AvgIpc) is 1.83. The van der Waals surface area contributed by atoms with Crippen molar-refractivity contribution < 1.29 is 0 Å². The Labute approximate surface area is 107 Å². The Hall–Kier alpha value is 2.10. The molecule has 0 aliphatic carbocycles. The second-order valence-electron chi connectivity index (χ2n) is 2.61. The fourth-order valence-electron chi connectivity index (χ4n) is 0.881. The highest BCUT2D eigenvalue weighted by Crippen LogP contribution is 2.29. The van der Waals surface area contributed by atoms with Crippen LogP contribution in [0.1, 0.15) is 12.8 Å². The molecule has 0 aliphatic rings. The molecule has 0 N–H and O–H groups in total. The molecule has 0 fully saturated rings. The zero-order valence-electron chi connectivity index (χ0n) is 6.41. The first kappa shape index (κ1) is 14.1. The van der Waals surface area contributed by atoms with Gasteiger partial charge >= 0.3 is 0 Å². The molecule has 12 heavy (non-hydrogen) atoms. The number of rotatable bonds is 5. The summed E-state index contributed by atoms with van der Waals surface area (Å²) >= 11 is 25.3. The van der Waals surface area contributed by atoms with Crippen LogP contribution in [0.5, 0.6) is 0 Å². The minimum absolute atomic E-state index is 0.0496. The first-order valence-electron chi connectivity index (χ1n) is 3.52. The van der Waals surface area contributed by atoms with Crippen LogP contribution in [0, 0.1) is 5.92 Å². The molecular weight excluding hydrogens is 264 g/mol. The molecule has 0 aromatic rings. The summed E-state index contributed by atoms with van der Waals surface area (Å²) in [5.74, 6) is 0.358. The molecule has 0 aromatic carbocycles. The second-order valence-corrected chi connectivity index (χ2v) is 7.43. The quantitative estimate of drug-likeness (QED) is 0.323. The van der Waals surface area contributed by atoms with E-state index in [1.807, 2.05) is 0 Å². The van der Waals surface area contributed by atoms with Gasteiger partial charge in [0.05, 0.1) is 0 Å². The third kappa shape index (κ3) is 7.50. The largest absolute Gasteiger partial charge is 0.165 e. The van der Waals surface area contributed by atoms with Gasteiger partial charge in [-0.25, -0.2) is 0 Å². The predicted octanol–water partition coefficient (Wildman–Crippen LogP) is 2.94. The van der Waals surface area contributed by atoms with E-state index in [0.29, 0.717) is 5.92 Å². The van der Waals surface area contributed by atoms with Crippen LogP contribution in [-0.4, -0.2) is 13.7 Å². The monoisotopic (exact) mass is 278 g/mol. The van der Waals surface area contributed by atoms with Gasteiger partial charge in [-0.1, -0.05) is 0 Å². The third-order valence-corrected chi connectivity index (χ3v) is 3.14. The first-order chi connectivity index (χ1) is 5.43. The van der Waals surface area contributed by atoms with E-state index in [4.69, 9.17) is 0 Å². The van der Waals surface area contributed by atoms with Crippen molar-refractivity contribution in [3.8, 4) is 0 Å². The van der Waals surface area contributed by atoms with Crippen molar-refractivity contribution in [1.82, 2.24) is 0 Å². The number of hydrogen-bond donors (Lipinski definition) is 6. The molecule has 0 amide bonds. The molecule has 0 unspecified atom stereocenters. The highest BCUT2D eigenvalue weighted by molar-refractivity contribution is 8.00. The van der Waals surface area contributed by atoms with E-state index in [2.05, 4.69) is 75.8 Å². The molecule has 0 aliphatic heterocycles. The SMILES string of the molecule is SC(S)CC(CC(S)S)C(S)S. The van der Waals surface area contributed by atoms with Gasteiger partial charge in [0, 0.05) is 13.7 Å². The summed E-state index contributed by atoms with van der Waals surface area (Å²) < 4.78 is 0.211. The predicted molar refractivity (Wildman–Crippen MR) is 78.0 cm³/mol. The molecule has 0 nitrogen and oxygen atoms in total. The Kier molecular flexibility index (Phi) is 8.69. The summed E-state index contributed by atoms with van der Waals surface area (Å²) in [6, 6.07) is 0. The molecule has 0 spiro atoms. The molecule has 0 bridgehead atoms. The molecule has 0 radical (unpaired) electrons. The van der Waals surface area contributed by atoms with Gasteiger partial charge in [-0.3, -0.25) is 0 Å². The lowest BCUT2D eigenvalue weighted by Crippen LogP contribution is -2.15. The maximum atomic E-state index is 4.27. The smallest absolute Gasteiger partial charge is 0.0471 e. The van der Waals surface area contributed by atoms with Crippen LogP contribution >= 0.6 is 75.8 Å². The molecule has 0 rings (SSSR count). The first-order valence-corrected chi connectivity index (χ1v) is 6.61. The highest BCUT2D eigenvalue weighted by Gasteiger charge is 2.18. The number of thiol groups is 6. The summed E-state index contributed by atoms with van der Waals surface area (Å²) in [6.45, 7) is 0. The van der Waals surface area contributed by atoms with Crippen molar-refractivity contribution in [2.24, 2.45) is 5.92 Å². The van der Waals surface area contributed by atoms with Gasteiger partial charge in [0.15, 0.2) is 0 Å². The lowest BCUT2D eigenvalue weighted by molar-refractivity contribution is 0.533. The summed E-state index contributed by atoms with van der Waals surface area (Å²) in [7, 11) is 0. The minimum Gasteiger partial charge on any atom is -0.165 e. The van der Waals surface area contributed by atoms with E-state index in [0.717, 1.165) is 12.8 Å². The van der Waals surface area contributed by atoms with Gasteiger partial charge < -0.3 is 0 Å². The molecule has 6 heteroatoms. The van der Waals surface area contributed by atoms with Crippen LogP contribution < -0.4 is 0 Å². The van der Waals surface area contributed by atoms with Gasteiger partial charge in [-0.15, -0.1) is 0 Å². The zero-order chi connectivity index (χ0) is 9.72. The lowest BCUT2D eigenvalue weighted by atomic mass is 10.1. The topological polar surface area (TPSA) is 0 Å². The fraction of sp³-hybridized carbons (Fsp3) is 1.00. The van der Waals surface area contributed by atoms with Crippen molar-refractivity contribution in [2.45, 2.75) is 26.6 Å². The van der Waals surface area contributed by atoms with Crippen LogP contribution in [0.4, 0.5) is 0 Å². The highest BCUT2D eigenvalue weighted by atomic mass is 32.2. The van der Waals surface area contributed by atoms with Gasteiger partial charge in [0.2, 0.25) is 0 Å². The Bertz CT molecular complexity index is 103. The maximum Gasteiger partial charge on any atom is 0.0471 e. The van der Waals surface area contributed by atoms with Gasteiger partial charge in [-0.05, 0) is 18.8 Å². The summed E-state index contributed by atoms with van der Waals surface area (Å²) in [6.07, 6.45) is 1.75. The van der Waals surface area contributed by atoms with Crippen LogP contribution in [0.15, 0.2) is 0 Å². The number of hydrogen-bond acceptors (Lipinski definition) is 6. The maximum absolute atomic E-state index is 4.27. The molecule has 0 aromatic heterocycles. The Morgan fingerprint density at radius 3 is 1.17 bits per heavy atom. The lowest BCUT2D eigenvalue weighted by Gasteiger charge is -2.21. The average molecular weight is 279 g/mol. The van der Waals surface area contributed by atoms with E-state index >= 15 is 0 Å². The van der Waals surface area contributed by atoms with Crippen molar-refractivity contribution in [3.63, 3.8) is 0 Å². The molecule has 0 heterocycles. The Morgan fingerprint density at radius 2 is 1.00 bits per heavy atom. The Balaban J connectivity index is 3.87. The van der Waals surface area contributed by atoms with E-state index in [1.165, 1.54) is 0 Å². The fourth-order valence-corrected chi connectivity index (χ4v) is 2.45. The van der Waals surface area contributed by atoms with Crippen molar-refractivity contribution in [2.75, 3.05) is 0 Å². The van der Waals surface area contributed by atoms with Gasteiger partial charge in [0.25, 0.3) is 0 Å². The van der Waals surface area contributed by atoms with E-state index in [-0.39, 0.29) is 13.7 Å². The van der Waals surface area contributed by atoms with Crippen LogP contribution in [0.25, 0.3) is 0 Å². The van der Waals surface area contributed by atoms with E-state index in [1.54, 1.807) is 0 Å². The molecule has 0 atom stereocenters. The summed E-state index contributed by atoms with van der Waals surface area (Å²) in [5, 5.41) is 0. The van der Waals surface area contributed by atoms with Crippen LogP contribution in [0.2, 0.25) is 0 Å². The van der Waals surface area contributed by atoms with Crippen molar-refractivity contribution >= 4 is 75.8 Å². The minimum atomic E-state index is 0.0496. The standard InChI is InChI=1S/C6H14S6/c7-4(8)1-3(6(11)12)2-5(9)10/h3-12H,1-2H2. The van der Waals surface area contributed by atoms with Crippen LogP contribution in [0.3, 0.4) is 0 Å². The van der Waals surface area contributed by atoms with Gasteiger partial charge in [-0.2, -0.15) is 75.8 Å². The summed E-state index contributed by atoms with van der Waals surface area (Å²) in [4.78, 5) is 0. The third-order valence-electron chi connectivity index (χ3n) is 1.45. The van der Waals surface area contributed by atoms with Gasteiger partial charge in [0.1, 0.15) is 0 Å². The zero-order valence-corrected chi connectivity index (χ0v) is 11.8. The molecular formula is C6H14S6. The van der Waals surface area contributed by atoms with Crippen molar-refractivity contribution in [1.29, 1.82) is 0 Å². The molecule has 74 valence electrons. The van der Waals surface area contributed by atoms with E-state index < -0.39 is 0 Å². The van der Waals surface area contributed by atoms with E-state index in [9.17, 15) is 0 Å². The van der Waals surface area contributed by atoms with Crippen molar-refractivity contribution in [3.05, 3.63) is 0 Å². The normalized spacial score (nSPS) is 12.5.